The second kappa shape index (κ2) is 6.50. The quantitative estimate of drug-likeness (QED) is 0.865. The van der Waals surface area contributed by atoms with Gasteiger partial charge in [0.05, 0.1) is 18.9 Å². The number of ether oxygens (including phenoxy) is 1. The number of carbonyl (C=O) groups excluding carboxylic acids is 1. The van der Waals surface area contributed by atoms with E-state index in [1.54, 1.807) is 6.20 Å². The fourth-order valence-corrected chi connectivity index (χ4v) is 2.60. The summed E-state index contributed by atoms with van der Waals surface area (Å²) in [7, 11) is 0. The van der Waals surface area contributed by atoms with Crippen LogP contribution in [0.1, 0.15) is 17.2 Å². The summed E-state index contributed by atoms with van der Waals surface area (Å²) in [6, 6.07) is 15.5. The third kappa shape index (κ3) is 3.11. The fourth-order valence-electron chi connectivity index (χ4n) is 2.60. The van der Waals surface area contributed by atoms with Crippen molar-refractivity contribution >= 4 is 5.91 Å². The molecule has 0 radical (unpaired) electrons. The Morgan fingerprint density at radius 2 is 1.76 bits per heavy atom. The maximum atomic E-state index is 12.9. The number of rotatable bonds is 3. The Balaban J connectivity index is 1.94. The van der Waals surface area contributed by atoms with Crippen LogP contribution in [-0.4, -0.2) is 42.1 Å². The summed E-state index contributed by atoms with van der Waals surface area (Å²) >= 11 is 0. The highest BCUT2D eigenvalue weighted by Gasteiger charge is 2.29. The predicted octanol–water partition coefficient (Wildman–Crippen LogP) is 2.07. The van der Waals surface area contributed by atoms with Crippen LogP contribution in [0, 0.1) is 0 Å². The predicted molar refractivity (Wildman–Crippen MR) is 79.9 cm³/mol. The SMILES string of the molecule is O=C(C(c1ccccc1)c1ccccn1)N1CCOCC1. The van der Waals surface area contributed by atoms with Crippen LogP contribution in [0.3, 0.4) is 0 Å². The molecule has 1 amide bonds. The molecule has 1 aliphatic rings. The van der Waals surface area contributed by atoms with Gasteiger partial charge in [-0.25, -0.2) is 0 Å². The Morgan fingerprint density at radius 3 is 2.43 bits per heavy atom. The molecule has 108 valence electrons. The minimum absolute atomic E-state index is 0.100. The van der Waals surface area contributed by atoms with E-state index in [1.807, 2.05) is 53.4 Å². The third-order valence-electron chi connectivity index (χ3n) is 3.69. The van der Waals surface area contributed by atoms with Gasteiger partial charge in [0.15, 0.2) is 0 Å². The van der Waals surface area contributed by atoms with Gasteiger partial charge >= 0.3 is 0 Å². The molecule has 1 atom stereocenters. The first-order chi connectivity index (χ1) is 10.4. The highest BCUT2D eigenvalue weighted by atomic mass is 16.5. The molecule has 0 saturated carbocycles. The first kappa shape index (κ1) is 13.8. The van der Waals surface area contributed by atoms with Gasteiger partial charge in [0.2, 0.25) is 5.91 Å². The number of benzene rings is 1. The fraction of sp³-hybridized carbons (Fsp3) is 0.294. The van der Waals surface area contributed by atoms with E-state index in [9.17, 15) is 4.79 Å². The van der Waals surface area contributed by atoms with Crippen LogP contribution in [-0.2, 0) is 9.53 Å². The molecule has 2 heterocycles. The van der Waals surface area contributed by atoms with Gasteiger partial charge in [-0.2, -0.15) is 0 Å². The largest absolute Gasteiger partial charge is 0.378 e. The number of hydrogen-bond donors (Lipinski definition) is 0. The van der Waals surface area contributed by atoms with Crippen LogP contribution in [0.15, 0.2) is 54.7 Å². The van der Waals surface area contributed by atoms with Crippen molar-refractivity contribution in [2.24, 2.45) is 0 Å². The summed E-state index contributed by atoms with van der Waals surface area (Å²) in [4.78, 5) is 19.2. The molecule has 1 aromatic carbocycles. The van der Waals surface area contributed by atoms with Gasteiger partial charge in [-0.05, 0) is 17.7 Å². The van der Waals surface area contributed by atoms with Crippen molar-refractivity contribution in [1.82, 2.24) is 9.88 Å². The second-order valence-electron chi connectivity index (χ2n) is 5.04. The van der Waals surface area contributed by atoms with Crippen LogP contribution in [0.2, 0.25) is 0 Å². The number of hydrogen-bond acceptors (Lipinski definition) is 3. The molecule has 4 nitrogen and oxygen atoms in total. The lowest BCUT2D eigenvalue weighted by Gasteiger charge is -2.30. The third-order valence-corrected chi connectivity index (χ3v) is 3.69. The molecule has 1 saturated heterocycles. The molecular weight excluding hydrogens is 264 g/mol. The number of nitrogens with zero attached hydrogens (tertiary/aromatic N) is 2. The molecule has 0 N–H and O–H groups in total. The van der Waals surface area contributed by atoms with Crippen molar-refractivity contribution in [3.8, 4) is 0 Å². The number of pyridine rings is 1. The van der Waals surface area contributed by atoms with Gasteiger partial charge in [-0.15, -0.1) is 0 Å². The number of aromatic nitrogens is 1. The van der Waals surface area contributed by atoms with E-state index in [4.69, 9.17) is 4.74 Å². The molecular formula is C17H18N2O2. The lowest BCUT2D eigenvalue weighted by Crippen LogP contribution is -2.43. The van der Waals surface area contributed by atoms with Crippen molar-refractivity contribution in [2.75, 3.05) is 26.3 Å². The van der Waals surface area contributed by atoms with Crippen molar-refractivity contribution in [2.45, 2.75) is 5.92 Å². The molecule has 0 aliphatic carbocycles. The first-order valence-electron chi connectivity index (χ1n) is 7.18. The van der Waals surface area contributed by atoms with Gasteiger partial charge in [0.25, 0.3) is 0 Å². The van der Waals surface area contributed by atoms with Crippen molar-refractivity contribution in [3.05, 3.63) is 66.0 Å². The Hall–Kier alpha value is -2.20. The van der Waals surface area contributed by atoms with E-state index in [0.29, 0.717) is 26.3 Å². The lowest BCUT2D eigenvalue weighted by molar-refractivity contribution is -0.136. The number of morpholine rings is 1. The smallest absolute Gasteiger partial charge is 0.236 e. The van der Waals surface area contributed by atoms with E-state index in [1.165, 1.54) is 0 Å². The summed E-state index contributed by atoms with van der Waals surface area (Å²) < 4.78 is 5.33. The minimum Gasteiger partial charge on any atom is -0.378 e. The highest BCUT2D eigenvalue weighted by Crippen LogP contribution is 2.25. The van der Waals surface area contributed by atoms with Crippen molar-refractivity contribution in [1.29, 1.82) is 0 Å². The van der Waals surface area contributed by atoms with Crippen molar-refractivity contribution < 1.29 is 9.53 Å². The Kier molecular flexibility index (Phi) is 4.26. The van der Waals surface area contributed by atoms with E-state index in [2.05, 4.69) is 4.98 Å². The number of amides is 1. The molecule has 1 aliphatic heterocycles. The lowest BCUT2D eigenvalue weighted by atomic mass is 9.93. The average molecular weight is 282 g/mol. The highest BCUT2D eigenvalue weighted by molar-refractivity contribution is 5.86. The Bertz CT molecular complexity index is 541. The zero-order chi connectivity index (χ0) is 14.5. The summed E-state index contributed by atoms with van der Waals surface area (Å²) in [6.07, 6.45) is 1.73. The molecule has 4 heteroatoms. The van der Waals surface area contributed by atoms with Crippen LogP contribution >= 0.6 is 0 Å². The van der Waals surface area contributed by atoms with E-state index in [0.717, 1.165) is 11.3 Å². The maximum absolute atomic E-state index is 12.9. The van der Waals surface area contributed by atoms with Gasteiger partial charge in [-0.3, -0.25) is 9.78 Å². The van der Waals surface area contributed by atoms with Crippen LogP contribution in [0.5, 0.6) is 0 Å². The van der Waals surface area contributed by atoms with Gasteiger partial charge in [0.1, 0.15) is 5.92 Å². The topological polar surface area (TPSA) is 42.4 Å². The normalized spacial score (nSPS) is 16.5. The molecule has 1 fully saturated rings. The molecule has 1 unspecified atom stereocenters. The van der Waals surface area contributed by atoms with E-state index in [-0.39, 0.29) is 11.8 Å². The summed E-state index contributed by atoms with van der Waals surface area (Å²) in [5.74, 6) is -0.242. The van der Waals surface area contributed by atoms with Crippen LogP contribution in [0.4, 0.5) is 0 Å². The Labute approximate surface area is 124 Å². The summed E-state index contributed by atoms with van der Waals surface area (Å²) in [5.41, 5.74) is 1.77. The standard InChI is InChI=1S/C17H18N2O2/c20-17(19-10-12-21-13-11-19)16(14-6-2-1-3-7-14)15-8-4-5-9-18-15/h1-9,16H,10-13H2. The van der Waals surface area contributed by atoms with E-state index >= 15 is 0 Å². The summed E-state index contributed by atoms with van der Waals surface area (Å²) in [6.45, 7) is 2.51. The molecule has 2 aromatic rings. The van der Waals surface area contributed by atoms with Crippen molar-refractivity contribution in [3.63, 3.8) is 0 Å². The maximum Gasteiger partial charge on any atom is 0.236 e. The first-order valence-corrected chi connectivity index (χ1v) is 7.18. The zero-order valence-electron chi connectivity index (χ0n) is 11.8. The molecule has 0 bridgehead atoms. The second-order valence-corrected chi connectivity index (χ2v) is 5.04. The van der Waals surface area contributed by atoms with Gasteiger partial charge in [0, 0.05) is 19.3 Å². The van der Waals surface area contributed by atoms with Crippen LogP contribution < -0.4 is 0 Å². The molecule has 21 heavy (non-hydrogen) atoms. The molecule has 1 aromatic heterocycles. The summed E-state index contributed by atoms with van der Waals surface area (Å²) in [5, 5.41) is 0. The molecule has 3 rings (SSSR count). The molecule has 0 spiro atoms. The average Bonchev–Trinajstić information content (AvgIpc) is 2.58. The zero-order valence-corrected chi connectivity index (χ0v) is 11.8. The minimum atomic E-state index is -0.342. The number of carbonyl (C=O) groups is 1. The van der Waals surface area contributed by atoms with Gasteiger partial charge < -0.3 is 9.64 Å². The monoisotopic (exact) mass is 282 g/mol. The van der Waals surface area contributed by atoms with Crippen LogP contribution in [0.25, 0.3) is 0 Å². The van der Waals surface area contributed by atoms with E-state index < -0.39 is 0 Å². The van der Waals surface area contributed by atoms with Gasteiger partial charge in [-0.1, -0.05) is 36.4 Å². The Morgan fingerprint density at radius 1 is 1.05 bits per heavy atom.